The Morgan fingerprint density at radius 1 is 1.40 bits per heavy atom. The minimum absolute atomic E-state index is 0.0243. The van der Waals surface area contributed by atoms with Gasteiger partial charge in [-0.2, -0.15) is 0 Å². The number of nitrogens with one attached hydrogen (secondary N) is 1. The molecular formula is C18H22N4O3. The lowest BCUT2D eigenvalue weighted by Crippen LogP contribution is -2.39. The van der Waals surface area contributed by atoms with Crippen LogP contribution >= 0.6 is 0 Å². The molecule has 3 rings (SSSR count). The van der Waals surface area contributed by atoms with Crippen LogP contribution < -0.4 is 15.0 Å². The van der Waals surface area contributed by atoms with Crippen molar-refractivity contribution in [3.05, 3.63) is 36.4 Å². The predicted octanol–water partition coefficient (Wildman–Crippen LogP) is 2.21. The number of aryl methyl sites for hydroxylation is 1. The van der Waals surface area contributed by atoms with Gasteiger partial charge in [-0.1, -0.05) is 0 Å². The van der Waals surface area contributed by atoms with Gasteiger partial charge in [0.1, 0.15) is 18.9 Å². The number of fused-ring (bicyclic) bond motifs is 1. The summed E-state index contributed by atoms with van der Waals surface area (Å²) in [4.78, 5) is 30.4. The number of imidazole rings is 1. The molecule has 0 radical (unpaired) electrons. The van der Waals surface area contributed by atoms with E-state index in [1.54, 1.807) is 47.2 Å². The number of rotatable bonds is 3. The van der Waals surface area contributed by atoms with Crippen molar-refractivity contribution in [3.63, 3.8) is 0 Å². The van der Waals surface area contributed by atoms with Crippen molar-refractivity contribution in [1.82, 2.24) is 9.55 Å². The summed E-state index contributed by atoms with van der Waals surface area (Å²) >= 11 is 0. The molecule has 1 aromatic heterocycles. The fourth-order valence-corrected chi connectivity index (χ4v) is 2.77. The van der Waals surface area contributed by atoms with E-state index in [2.05, 4.69) is 10.3 Å². The molecule has 1 aliphatic rings. The molecule has 0 fully saturated rings. The Morgan fingerprint density at radius 2 is 2.16 bits per heavy atom. The lowest BCUT2D eigenvalue weighted by atomic mass is 9.93. The summed E-state index contributed by atoms with van der Waals surface area (Å²) in [7, 11) is 1.72. The number of benzene rings is 1. The second-order valence-corrected chi connectivity index (χ2v) is 6.93. The summed E-state index contributed by atoms with van der Waals surface area (Å²) in [6, 6.07) is 5.31. The standard InChI is InChI=1S/C18H22N4O3/c1-12-8-19-11-22(12)9-16(23)20-13-5-6-15-14(7-13)21(4)17(24)18(2,3)10-25-15/h5-8,11H,9-10H2,1-4H3,(H,20,23). The number of hydrogen-bond acceptors (Lipinski definition) is 4. The van der Waals surface area contributed by atoms with E-state index in [1.807, 2.05) is 20.8 Å². The van der Waals surface area contributed by atoms with E-state index in [1.165, 1.54) is 0 Å². The molecule has 7 nitrogen and oxygen atoms in total. The lowest BCUT2D eigenvalue weighted by Gasteiger charge is -2.24. The number of ether oxygens (including phenoxy) is 1. The van der Waals surface area contributed by atoms with E-state index in [0.29, 0.717) is 23.7 Å². The molecule has 1 N–H and O–H groups in total. The van der Waals surface area contributed by atoms with Crippen LogP contribution in [0.5, 0.6) is 5.75 Å². The minimum atomic E-state index is -0.601. The summed E-state index contributed by atoms with van der Waals surface area (Å²) < 4.78 is 7.54. The summed E-state index contributed by atoms with van der Waals surface area (Å²) in [5.74, 6) is 0.443. The maximum Gasteiger partial charge on any atom is 0.244 e. The quantitative estimate of drug-likeness (QED) is 0.928. The van der Waals surface area contributed by atoms with E-state index >= 15 is 0 Å². The Bertz CT molecular complexity index is 825. The van der Waals surface area contributed by atoms with Crippen LogP contribution in [0, 0.1) is 12.3 Å². The maximum absolute atomic E-state index is 12.6. The fraction of sp³-hybridized carbons (Fsp3) is 0.389. The van der Waals surface area contributed by atoms with E-state index < -0.39 is 5.41 Å². The zero-order chi connectivity index (χ0) is 18.2. The van der Waals surface area contributed by atoms with Crippen LogP contribution in [0.2, 0.25) is 0 Å². The number of nitrogens with zero attached hydrogens (tertiary/aromatic N) is 3. The molecule has 0 spiro atoms. The third kappa shape index (κ3) is 3.35. The van der Waals surface area contributed by atoms with Crippen LogP contribution in [-0.2, 0) is 16.1 Å². The van der Waals surface area contributed by atoms with Gasteiger partial charge in [0, 0.05) is 24.6 Å². The normalized spacial score (nSPS) is 16.0. The first-order chi connectivity index (χ1) is 11.8. The zero-order valence-electron chi connectivity index (χ0n) is 14.9. The third-order valence-electron chi connectivity index (χ3n) is 4.31. The van der Waals surface area contributed by atoms with Gasteiger partial charge < -0.3 is 19.5 Å². The first-order valence-corrected chi connectivity index (χ1v) is 8.09. The minimum Gasteiger partial charge on any atom is -0.490 e. The molecule has 0 aliphatic carbocycles. The summed E-state index contributed by atoms with van der Waals surface area (Å²) in [5, 5.41) is 2.85. The molecule has 1 aliphatic heterocycles. The molecule has 132 valence electrons. The smallest absolute Gasteiger partial charge is 0.244 e. The van der Waals surface area contributed by atoms with Gasteiger partial charge in [0.25, 0.3) is 0 Å². The van der Waals surface area contributed by atoms with Crippen molar-refractivity contribution in [2.45, 2.75) is 27.3 Å². The van der Waals surface area contributed by atoms with Gasteiger partial charge in [-0.25, -0.2) is 4.98 Å². The van der Waals surface area contributed by atoms with Gasteiger partial charge in [-0.05, 0) is 39.0 Å². The van der Waals surface area contributed by atoms with Crippen molar-refractivity contribution in [2.24, 2.45) is 5.41 Å². The molecule has 0 saturated heterocycles. The van der Waals surface area contributed by atoms with E-state index in [4.69, 9.17) is 4.74 Å². The molecule has 0 saturated carbocycles. The van der Waals surface area contributed by atoms with Gasteiger partial charge in [0.05, 0.1) is 17.4 Å². The highest BCUT2D eigenvalue weighted by Gasteiger charge is 2.36. The monoisotopic (exact) mass is 342 g/mol. The molecule has 2 amide bonds. The number of carbonyl (C=O) groups excluding carboxylic acids is 2. The van der Waals surface area contributed by atoms with Crippen molar-refractivity contribution in [3.8, 4) is 5.75 Å². The first kappa shape index (κ1) is 17.0. The van der Waals surface area contributed by atoms with Crippen LogP contribution in [0.3, 0.4) is 0 Å². The average Bonchev–Trinajstić information content (AvgIpc) is 2.93. The Kier molecular flexibility index (Phi) is 4.24. The molecule has 1 aromatic carbocycles. The summed E-state index contributed by atoms with van der Waals surface area (Å²) in [6.45, 7) is 6.10. The SMILES string of the molecule is Cc1cncn1CC(=O)Nc1ccc2c(c1)N(C)C(=O)C(C)(C)CO2. The average molecular weight is 342 g/mol. The fourth-order valence-electron chi connectivity index (χ4n) is 2.77. The van der Waals surface area contributed by atoms with E-state index in [9.17, 15) is 9.59 Å². The maximum atomic E-state index is 12.6. The van der Waals surface area contributed by atoms with E-state index in [0.717, 1.165) is 5.69 Å². The summed E-state index contributed by atoms with van der Waals surface area (Å²) in [6.07, 6.45) is 3.32. The van der Waals surface area contributed by atoms with Crippen LogP contribution in [-0.4, -0.2) is 35.0 Å². The van der Waals surface area contributed by atoms with Crippen molar-refractivity contribution >= 4 is 23.2 Å². The largest absolute Gasteiger partial charge is 0.490 e. The van der Waals surface area contributed by atoms with Gasteiger partial charge >= 0.3 is 0 Å². The van der Waals surface area contributed by atoms with Crippen molar-refractivity contribution in [2.75, 3.05) is 23.9 Å². The van der Waals surface area contributed by atoms with Gasteiger partial charge in [0.2, 0.25) is 11.8 Å². The molecular weight excluding hydrogens is 320 g/mol. The number of aromatic nitrogens is 2. The highest BCUT2D eigenvalue weighted by atomic mass is 16.5. The molecule has 0 bridgehead atoms. The Hall–Kier alpha value is -2.83. The molecule has 2 heterocycles. The topological polar surface area (TPSA) is 76.5 Å². The second-order valence-electron chi connectivity index (χ2n) is 6.93. The first-order valence-electron chi connectivity index (χ1n) is 8.09. The zero-order valence-corrected chi connectivity index (χ0v) is 14.9. The van der Waals surface area contributed by atoms with Gasteiger partial charge in [-0.15, -0.1) is 0 Å². The second kappa shape index (κ2) is 6.23. The lowest BCUT2D eigenvalue weighted by molar-refractivity contribution is -0.127. The van der Waals surface area contributed by atoms with Crippen LogP contribution in [0.1, 0.15) is 19.5 Å². The van der Waals surface area contributed by atoms with E-state index in [-0.39, 0.29) is 18.4 Å². The third-order valence-corrected chi connectivity index (χ3v) is 4.31. The Labute approximate surface area is 146 Å². The number of amides is 2. The van der Waals surface area contributed by atoms with Crippen LogP contribution in [0.15, 0.2) is 30.7 Å². The van der Waals surface area contributed by atoms with Crippen molar-refractivity contribution in [1.29, 1.82) is 0 Å². The summed E-state index contributed by atoms with van der Waals surface area (Å²) in [5.41, 5.74) is 1.57. The van der Waals surface area contributed by atoms with Crippen molar-refractivity contribution < 1.29 is 14.3 Å². The molecule has 0 unspecified atom stereocenters. The molecule has 0 atom stereocenters. The molecule has 25 heavy (non-hydrogen) atoms. The number of hydrogen-bond donors (Lipinski definition) is 1. The Balaban J connectivity index is 1.79. The number of anilines is 2. The molecule has 7 heteroatoms. The highest BCUT2D eigenvalue weighted by molar-refractivity contribution is 6.00. The van der Waals surface area contributed by atoms with Gasteiger partial charge in [-0.3, -0.25) is 9.59 Å². The Morgan fingerprint density at radius 3 is 2.84 bits per heavy atom. The highest BCUT2D eigenvalue weighted by Crippen LogP contribution is 2.37. The number of carbonyl (C=O) groups is 2. The predicted molar refractivity (Wildman–Crippen MR) is 94.7 cm³/mol. The van der Waals surface area contributed by atoms with Crippen LogP contribution in [0.25, 0.3) is 0 Å². The van der Waals surface area contributed by atoms with Gasteiger partial charge in [0.15, 0.2) is 0 Å². The van der Waals surface area contributed by atoms with Crippen LogP contribution in [0.4, 0.5) is 11.4 Å². The molecule has 2 aromatic rings.